The number of hydrogen-bond acceptors (Lipinski definition) is 5. The minimum Gasteiger partial charge on any atom is -0.495 e. The summed E-state index contributed by atoms with van der Waals surface area (Å²) in [5.74, 6) is 0.296. The van der Waals surface area contributed by atoms with E-state index < -0.39 is 16.1 Å². The molecule has 4 N–H and O–H groups in total. The molecule has 1 aromatic carbocycles. The number of aliphatic hydroxyl groups excluding tert-OH is 1. The van der Waals surface area contributed by atoms with Crippen LogP contribution in [-0.4, -0.2) is 33.3 Å². The maximum Gasteiger partial charge on any atom is 0.240 e. The van der Waals surface area contributed by atoms with Crippen LogP contribution >= 0.6 is 0 Å². The lowest BCUT2D eigenvalue weighted by Crippen LogP contribution is -2.30. The molecule has 1 atom stereocenters. The molecule has 0 aliphatic heterocycles. The van der Waals surface area contributed by atoms with Crippen LogP contribution in [0.1, 0.15) is 6.92 Å². The summed E-state index contributed by atoms with van der Waals surface area (Å²) in [5.41, 5.74) is 5.95. The fourth-order valence-corrected chi connectivity index (χ4v) is 2.31. The molecule has 7 heteroatoms. The van der Waals surface area contributed by atoms with E-state index in [1.54, 1.807) is 0 Å². The molecule has 6 nitrogen and oxygen atoms in total. The number of ether oxygens (including phenoxy) is 1. The van der Waals surface area contributed by atoms with Crippen molar-refractivity contribution in [3.8, 4) is 5.75 Å². The third kappa shape index (κ3) is 3.58. The van der Waals surface area contributed by atoms with E-state index in [9.17, 15) is 8.42 Å². The maximum atomic E-state index is 11.8. The lowest BCUT2D eigenvalue weighted by atomic mass is 10.3. The van der Waals surface area contributed by atoms with E-state index in [1.165, 1.54) is 32.2 Å². The van der Waals surface area contributed by atoms with Crippen LogP contribution in [0.5, 0.6) is 5.75 Å². The number of nitrogens with two attached hydrogens (primary N) is 1. The van der Waals surface area contributed by atoms with Crippen molar-refractivity contribution in [1.82, 2.24) is 4.72 Å². The second kappa shape index (κ2) is 5.35. The molecule has 1 aromatic rings. The third-order valence-electron chi connectivity index (χ3n) is 2.08. The van der Waals surface area contributed by atoms with Gasteiger partial charge in [0.25, 0.3) is 0 Å². The SMILES string of the molecule is COc1cc(S(=O)(=O)NCC(C)O)ccc1N. The molecule has 96 valence electrons. The van der Waals surface area contributed by atoms with Gasteiger partial charge in [0.05, 0.1) is 23.8 Å². The molecule has 0 saturated carbocycles. The molecule has 0 heterocycles. The van der Waals surface area contributed by atoms with Gasteiger partial charge < -0.3 is 15.6 Å². The highest BCUT2D eigenvalue weighted by molar-refractivity contribution is 7.89. The Morgan fingerprint density at radius 2 is 2.18 bits per heavy atom. The topological polar surface area (TPSA) is 102 Å². The fourth-order valence-electron chi connectivity index (χ4n) is 1.17. The predicted octanol–water partition coefficient (Wildman–Crippen LogP) is -0.0635. The fraction of sp³-hybridized carbons (Fsp3) is 0.400. The van der Waals surface area contributed by atoms with Gasteiger partial charge in [0.15, 0.2) is 0 Å². The average molecular weight is 260 g/mol. The van der Waals surface area contributed by atoms with Crippen molar-refractivity contribution < 1.29 is 18.3 Å². The molecule has 17 heavy (non-hydrogen) atoms. The Labute approximate surface area is 100 Å². The van der Waals surface area contributed by atoms with E-state index >= 15 is 0 Å². The number of rotatable bonds is 5. The van der Waals surface area contributed by atoms with E-state index in [0.29, 0.717) is 11.4 Å². The van der Waals surface area contributed by atoms with E-state index in [1.807, 2.05) is 0 Å². The summed E-state index contributed by atoms with van der Waals surface area (Å²) in [6.07, 6.45) is -0.750. The first-order chi connectivity index (χ1) is 7.86. The molecule has 0 saturated heterocycles. The smallest absolute Gasteiger partial charge is 0.240 e. The number of methoxy groups -OCH3 is 1. The molecule has 0 aliphatic rings. The van der Waals surface area contributed by atoms with Gasteiger partial charge >= 0.3 is 0 Å². The summed E-state index contributed by atoms with van der Waals surface area (Å²) >= 11 is 0. The molecule has 0 fully saturated rings. The molecule has 1 rings (SSSR count). The van der Waals surface area contributed by atoms with Gasteiger partial charge in [-0.3, -0.25) is 0 Å². The highest BCUT2D eigenvalue weighted by Crippen LogP contribution is 2.24. The van der Waals surface area contributed by atoms with Crippen LogP contribution in [0, 0.1) is 0 Å². The van der Waals surface area contributed by atoms with Crippen molar-refractivity contribution in [2.24, 2.45) is 0 Å². The number of anilines is 1. The monoisotopic (exact) mass is 260 g/mol. The van der Waals surface area contributed by atoms with Gasteiger partial charge in [-0.1, -0.05) is 0 Å². The van der Waals surface area contributed by atoms with E-state index in [2.05, 4.69) is 4.72 Å². The maximum absolute atomic E-state index is 11.8. The second-order valence-electron chi connectivity index (χ2n) is 3.60. The number of benzene rings is 1. The minimum atomic E-state index is -3.65. The van der Waals surface area contributed by atoms with Gasteiger partial charge in [0.1, 0.15) is 5.75 Å². The van der Waals surface area contributed by atoms with Gasteiger partial charge in [-0.2, -0.15) is 0 Å². The molecule has 0 spiro atoms. The van der Waals surface area contributed by atoms with Crippen molar-refractivity contribution in [3.63, 3.8) is 0 Å². The summed E-state index contributed by atoms with van der Waals surface area (Å²) in [6.45, 7) is 1.45. The number of nitrogens with one attached hydrogen (secondary N) is 1. The summed E-state index contributed by atoms with van der Waals surface area (Å²) in [4.78, 5) is 0.0456. The average Bonchev–Trinajstić information content (AvgIpc) is 2.27. The van der Waals surface area contributed by atoms with Crippen LogP contribution in [-0.2, 0) is 10.0 Å². The van der Waals surface area contributed by atoms with Crippen molar-refractivity contribution in [1.29, 1.82) is 0 Å². The van der Waals surface area contributed by atoms with E-state index in [0.717, 1.165) is 0 Å². The minimum absolute atomic E-state index is 0.0456. The number of nitrogen functional groups attached to an aromatic ring is 1. The zero-order valence-corrected chi connectivity index (χ0v) is 10.5. The zero-order valence-electron chi connectivity index (χ0n) is 9.67. The summed E-state index contributed by atoms with van der Waals surface area (Å²) in [6, 6.07) is 4.16. The largest absolute Gasteiger partial charge is 0.495 e. The highest BCUT2D eigenvalue weighted by atomic mass is 32.2. The molecular formula is C10H16N2O4S. The van der Waals surface area contributed by atoms with Crippen molar-refractivity contribution in [2.45, 2.75) is 17.9 Å². The zero-order chi connectivity index (χ0) is 13.1. The number of hydrogen-bond donors (Lipinski definition) is 3. The Balaban J connectivity index is 2.99. The third-order valence-corrected chi connectivity index (χ3v) is 3.51. The van der Waals surface area contributed by atoms with Gasteiger partial charge in [0, 0.05) is 12.6 Å². The normalized spacial score (nSPS) is 13.4. The van der Waals surface area contributed by atoms with Gasteiger partial charge in [-0.15, -0.1) is 0 Å². The van der Waals surface area contributed by atoms with E-state index in [-0.39, 0.29) is 11.4 Å². The molecule has 0 bridgehead atoms. The van der Waals surface area contributed by atoms with Crippen LogP contribution < -0.4 is 15.2 Å². The van der Waals surface area contributed by atoms with Crippen LogP contribution in [0.4, 0.5) is 5.69 Å². The highest BCUT2D eigenvalue weighted by Gasteiger charge is 2.16. The molecular weight excluding hydrogens is 244 g/mol. The van der Waals surface area contributed by atoms with Gasteiger partial charge in [-0.25, -0.2) is 13.1 Å². The van der Waals surface area contributed by atoms with Crippen molar-refractivity contribution >= 4 is 15.7 Å². The van der Waals surface area contributed by atoms with Crippen LogP contribution in [0.15, 0.2) is 23.1 Å². The van der Waals surface area contributed by atoms with Crippen LogP contribution in [0.3, 0.4) is 0 Å². The number of aliphatic hydroxyl groups is 1. The quantitative estimate of drug-likeness (QED) is 0.644. The predicted molar refractivity (Wildman–Crippen MR) is 64.3 cm³/mol. The first kappa shape index (κ1) is 13.8. The van der Waals surface area contributed by atoms with Crippen LogP contribution in [0.2, 0.25) is 0 Å². The Kier molecular flexibility index (Phi) is 4.33. The lowest BCUT2D eigenvalue weighted by molar-refractivity contribution is 0.198. The van der Waals surface area contributed by atoms with Crippen LogP contribution in [0.25, 0.3) is 0 Å². The Morgan fingerprint density at radius 1 is 1.53 bits per heavy atom. The van der Waals surface area contributed by atoms with E-state index in [4.69, 9.17) is 15.6 Å². The molecule has 0 amide bonds. The summed E-state index contributed by atoms with van der Waals surface area (Å²) in [7, 11) is -2.24. The van der Waals surface area contributed by atoms with Crippen molar-refractivity contribution in [3.05, 3.63) is 18.2 Å². The second-order valence-corrected chi connectivity index (χ2v) is 5.37. The Bertz CT molecular complexity index is 485. The first-order valence-electron chi connectivity index (χ1n) is 4.98. The molecule has 0 radical (unpaired) electrons. The molecule has 0 aliphatic carbocycles. The Morgan fingerprint density at radius 3 is 2.71 bits per heavy atom. The lowest BCUT2D eigenvalue weighted by Gasteiger charge is -2.10. The number of sulfonamides is 1. The van der Waals surface area contributed by atoms with Gasteiger partial charge in [-0.05, 0) is 19.1 Å². The standard InChI is InChI=1S/C10H16N2O4S/c1-7(13)6-12-17(14,15)8-3-4-9(11)10(5-8)16-2/h3-5,7,12-13H,6,11H2,1-2H3. The summed E-state index contributed by atoms with van der Waals surface area (Å²) in [5, 5.41) is 9.04. The first-order valence-corrected chi connectivity index (χ1v) is 6.46. The van der Waals surface area contributed by atoms with Crippen molar-refractivity contribution in [2.75, 3.05) is 19.4 Å². The molecule has 1 unspecified atom stereocenters. The van der Waals surface area contributed by atoms with Gasteiger partial charge in [0.2, 0.25) is 10.0 Å². The Hall–Kier alpha value is -1.31. The summed E-state index contributed by atoms with van der Waals surface area (Å²) < 4.78 is 30.8. The molecule has 0 aromatic heterocycles.